The minimum atomic E-state index is -0.495. The average molecular weight is 359 g/mol. The van der Waals surface area contributed by atoms with Gasteiger partial charge in [-0.15, -0.1) is 0 Å². The monoisotopic (exact) mass is 359 g/mol. The van der Waals surface area contributed by atoms with Gasteiger partial charge in [-0.2, -0.15) is 0 Å². The molecule has 0 aromatic heterocycles. The first kappa shape index (κ1) is 19.2. The van der Waals surface area contributed by atoms with E-state index in [1.165, 1.54) is 12.1 Å². The van der Waals surface area contributed by atoms with Gasteiger partial charge in [-0.25, -0.2) is 4.39 Å². The van der Waals surface area contributed by atoms with Gasteiger partial charge < -0.3 is 20.7 Å². The summed E-state index contributed by atoms with van der Waals surface area (Å²) in [7, 11) is 1.55. The first-order valence-electron chi connectivity index (χ1n) is 8.21. The summed E-state index contributed by atoms with van der Waals surface area (Å²) in [6, 6.07) is 10.9. The van der Waals surface area contributed by atoms with E-state index >= 15 is 0 Å². The number of ether oxygens (including phenoxy) is 1. The van der Waals surface area contributed by atoms with E-state index in [0.29, 0.717) is 17.0 Å². The van der Waals surface area contributed by atoms with Gasteiger partial charge in [-0.1, -0.05) is 0 Å². The minimum Gasteiger partial charge on any atom is -0.491 e. The Balaban J connectivity index is 1.89. The third-order valence-corrected chi connectivity index (χ3v) is 3.41. The Bertz CT molecular complexity index is 776. The van der Waals surface area contributed by atoms with E-state index in [2.05, 4.69) is 16.0 Å². The molecule has 0 aliphatic heterocycles. The lowest BCUT2D eigenvalue weighted by Gasteiger charge is -2.12. The lowest BCUT2D eigenvalue weighted by atomic mass is 10.2. The molecule has 0 aliphatic carbocycles. The van der Waals surface area contributed by atoms with Crippen molar-refractivity contribution in [1.82, 2.24) is 5.32 Å². The number of amides is 2. The summed E-state index contributed by atoms with van der Waals surface area (Å²) in [5.41, 5.74) is 1.26. The van der Waals surface area contributed by atoms with Crippen molar-refractivity contribution in [3.05, 3.63) is 53.8 Å². The fourth-order valence-electron chi connectivity index (χ4n) is 2.21. The van der Waals surface area contributed by atoms with Crippen LogP contribution in [0, 0.1) is 5.82 Å². The number of carbonyl (C=O) groups is 2. The van der Waals surface area contributed by atoms with Crippen LogP contribution >= 0.6 is 0 Å². The highest BCUT2D eigenvalue weighted by molar-refractivity contribution is 5.96. The van der Waals surface area contributed by atoms with Crippen molar-refractivity contribution in [1.29, 1.82) is 0 Å². The van der Waals surface area contributed by atoms with Crippen LogP contribution in [-0.4, -0.2) is 31.5 Å². The number of hydrogen-bond acceptors (Lipinski definition) is 4. The van der Waals surface area contributed by atoms with Crippen LogP contribution in [0.15, 0.2) is 42.5 Å². The molecule has 138 valence electrons. The molecule has 2 rings (SSSR count). The normalized spacial score (nSPS) is 10.3. The van der Waals surface area contributed by atoms with Crippen LogP contribution in [0.1, 0.15) is 24.2 Å². The predicted octanol–water partition coefficient (Wildman–Crippen LogP) is 3.02. The first-order valence-corrected chi connectivity index (χ1v) is 8.21. The first-order chi connectivity index (χ1) is 12.4. The molecule has 26 heavy (non-hydrogen) atoms. The molecule has 0 fully saturated rings. The molecule has 0 unspecified atom stereocenters. The molecular formula is C19H22FN3O3. The summed E-state index contributed by atoms with van der Waals surface area (Å²) >= 11 is 0. The van der Waals surface area contributed by atoms with Gasteiger partial charge in [0.1, 0.15) is 11.6 Å². The molecule has 0 heterocycles. The summed E-state index contributed by atoms with van der Waals surface area (Å²) < 4.78 is 19.4. The van der Waals surface area contributed by atoms with Gasteiger partial charge in [0.15, 0.2) is 0 Å². The maximum atomic E-state index is 14.0. The molecule has 0 radical (unpaired) electrons. The van der Waals surface area contributed by atoms with Gasteiger partial charge in [0.2, 0.25) is 5.91 Å². The molecule has 0 saturated carbocycles. The summed E-state index contributed by atoms with van der Waals surface area (Å²) in [5.74, 6) is -0.598. The van der Waals surface area contributed by atoms with Crippen molar-refractivity contribution >= 4 is 23.2 Å². The quantitative estimate of drug-likeness (QED) is 0.710. The number of nitrogens with one attached hydrogen (secondary N) is 3. The number of hydrogen-bond donors (Lipinski definition) is 3. The van der Waals surface area contributed by atoms with Crippen LogP contribution in [0.4, 0.5) is 15.8 Å². The van der Waals surface area contributed by atoms with Gasteiger partial charge in [0, 0.05) is 24.4 Å². The van der Waals surface area contributed by atoms with Crippen molar-refractivity contribution in [2.24, 2.45) is 0 Å². The highest BCUT2D eigenvalue weighted by atomic mass is 19.1. The topological polar surface area (TPSA) is 79.5 Å². The van der Waals surface area contributed by atoms with Crippen molar-refractivity contribution in [3.63, 3.8) is 0 Å². The molecule has 0 aliphatic rings. The smallest absolute Gasteiger partial charge is 0.251 e. The van der Waals surface area contributed by atoms with E-state index in [1.54, 1.807) is 37.4 Å². The zero-order valence-corrected chi connectivity index (χ0v) is 14.9. The maximum Gasteiger partial charge on any atom is 0.251 e. The molecule has 2 aromatic carbocycles. The van der Waals surface area contributed by atoms with Gasteiger partial charge in [-0.05, 0) is 50.2 Å². The third-order valence-electron chi connectivity index (χ3n) is 3.41. The Morgan fingerprint density at radius 1 is 1.12 bits per heavy atom. The van der Waals surface area contributed by atoms with E-state index in [9.17, 15) is 14.0 Å². The molecule has 0 saturated heterocycles. The predicted molar refractivity (Wildman–Crippen MR) is 99.1 cm³/mol. The fraction of sp³-hybridized carbons (Fsp3) is 0.263. The van der Waals surface area contributed by atoms with Gasteiger partial charge >= 0.3 is 0 Å². The maximum absolute atomic E-state index is 14.0. The largest absolute Gasteiger partial charge is 0.491 e. The van der Waals surface area contributed by atoms with E-state index in [1.807, 2.05) is 13.8 Å². The molecule has 3 N–H and O–H groups in total. The van der Waals surface area contributed by atoms with Crippen LogP contribution in [-0.2, 0) is 4.79 Å². The summed E-state index contributed by atoms with van der Waals surface area (Å²) in [5, 5.41) is 7.94. The van der Waals surface area contributed by atoms with Crippen molar-refractivity contribution in [2.45, 2.75) is 20.0 Å². The molecule has 0 spiro atoms. The Hall–Kier alpha value is -3.09. The van der Waals surface area contributed by atoms with Gasteiger partial charge in [0.25, 0.3) is 5.91 Å². The Labute approximate surface area is 151 Å². The highest BCUT2D eigenvalue weighted by Gasteiger charge is 2.08. The van der Waals surface area contributed by atoms with Crippen LogP contribution < -0.4 is 20.7 Å². The molecule has 7 heteroatoms. The lowest BCUT2D eigenvalue weighted by Crippen LogP contribution is -2.22. The number of anilines is 2. The van der Waals surface area contributed by atoms with Crippen molar-refractivity contribution in [2.75, 3.05) is 24.2 Å². The molecule has 0 atom stereocenters. The molecule has 2 aromatic rings. The molecule has 0 bridgehead atoms. The number of halogens is 1. The number of benzene rings is 2. The molecule has 6 nitrogen and oxygen atoms in total. The van der Waals surface area contributed by atoms with Gasteiger partial charge in [-0.3, -0.25) is 9.59 Å². The van der Waals surface area contributed by atoms with Crippen molar-refractivity contribution in [3.8, 4) is 5.75 Å². The zero-order chi connectivity index (χ0) is 19.1. The second-order valence-electron chi connectivity index (χ2n) is 5.87. The number of rotatable bonds is 7. The lowest BCUT2D eigenvalue weighted by molar-refractivity contribution is -0.114. The van der Waals surface area contributed by atoms with E-state index < -0.39 is 5.82 Å². The Morgan fingerprint density at radius 2 is 1.81 bits per heavy atom. The van der Waals surface area contributed by atoms with Crippen LogP contribution in [0.2, 0.25) is 0 Å². The van der Waals surface area contributed by atoms with Crippen LogP contribution in [0.3, 0.4) is 0 Å². The summed E-state index contributed by atoms with van der Waals surface area (Å²) in [6.07, 6.45) is -0.0474. The van der Waals surface area contributed by atoms with Gasteiger partial charge in [0.05, 0.1) is 18.3 Å². The summed E-state index contributed by atoms with van der Waals surface area (Å²) in [6.45, 7) is 3.61. The Kier molecular flexibility index (Phi) is 6.54. The second-order valence-corrected chi connectivity index (χ2v) is 5.87. The van der Waals surface area contributed by atoms with E-state index in [0.717, 1.165) is 0 Å². The third kappa shape index (κ3) is 5.47. The summed E-state index contributed by atoms with van der Waals surface area (Å²) in [4.78, 5) is 23.5. The minimum absolute atomic E-state index is 0.0474. The van der Waals surface area contributed by atoms with E-state index in [-0.39, 0.29) is 30.2 Å². The van der Waals surface area contributed by atoms with Crippen LogP contribution in [0.5, 0.6) is 5.75 Å². The highest BCUT2D eigenvalue weighted by Crippen LogP contribution is 2.21. The fourth-order valence-corrected chi connectivity index (χ4v) is 2.21. The SMILES string of the molecule is CNC(=O)c1ccc(NC(=O)CNc2ccc(OC(C)C)cc2F)cc1. The standard InChI is InChI=1S/C19H22FN3O3/c1-12(2)26-15-8-9-17(16(20)10-15)22-11-18(24)23-14-6-4-13(5-7-14)19(25)21-3/h4-10,12,22H,11H2,1-3H3,(H,21,25)(H,23,24). The molecular weight excluding hydrogens is 337 g/mol. The average Bonchev–Trinajstić information content (AvgIpc) is 2.60. The van der Waals surface area contributed by atoms with Crippen molar-refractivity contribution < 1.29 is 18.7 Å². The van der Waals surface area contributed by atoms with E-state index in [4.69, 9.17) is 4.74 Å². The van der Waals surface area contributed by atoms with Crippen LogP contribution in [0.25, 0.3) is 0 Å². The Morgan fingerprint density at radius 3 is 2.38 bits per heavy atom. The number of carbonyl (C=O) groups excluding carboxylic acids is 2. The second kappa shape index (κ2) is 8.84. The molecule has 2 amide bonds. The zero-order valence-electron chi connectivity index (χ0n) is 14.9.